The molecule has 7 heteroatoms. The van der Waals surface area contributed by atoms with E-state index in [0.717, 1.165) is 15.6 Å². The maximum absolute atomic E-state index is 10.2. The molecule has 2 aromatic rings. The highest BCUT2D eigenvalue weighted by Gasteiger charge is 2.09. The molecule has 0 amide bonds. The summed E-state index contributed by atoms with van der Waals surface area (Å²) in [6.07, 6.45) is 2.14. The van der Waals surface area contributed by atoms with Gasteiger partial charge in [0.15, 0.2) is 5.09 Å². The number of hydrogen-bond donors (Lipinski definition) is 0. The lowest BCUT2D eigenvalue weighted by Gasteiger charge is -1.98. The van der Waals surface area contributed by atoms with Crippen LogP contribution in [0.2, 0.25) is 5.02 Å². The topological polar surface area (TPSA) is 56.3 Å². The fourth-order valence-electron chi connectivity index (χ4n) is 1.26. The number of nitro groups is 1. The highest BCUT2D eigenvalue weighted by Crippen LogP contribution is 2.36. The Morgan fingerprint density at radius 2 is 2.05 bits per heavy atom. The molecule has 0 fully saturated rings. The lowest BCUT2D eigenvalue weighted by atomic mass is 10.4. The first-order valence-corrected chi connectivity index (χ1v) is 7.08. The molecular weight excluding hydrogens is 354 g/mol. The summed E-state index contributed by atoms with van der Waals surface area (Å²) in [5.74, 6) is 0.417. The fraction of sp³-hybridized carbons (Fsp3) is 0. The van der Waals surface area contributed by atoms with Crippen molar-refractivity contribution >= 4 is 45.4 Å². The van der Waals surface area contributed by atoms with Gasteiger partial charge in [-0.1, -0.05) is 23.4 Å². The highest BCUT2D eigenvalue weighted by atomic mass is 79.9. The molecule has 98 valence electrons. The highest BCUT2D eigenvalue weighted by molar-refractivity contribution is 9.10. The van der Waals surface area contributed by atoms with Gasteiger partial charge in [-0.05, 0) is 46.3 Å². The number of halogens is 2. The molecule has 1 heterocycles. The Balaban J connectivity index is 2.17. The summed E-state index contributed by atoms with van der Waals surface area (Å²) >= 11 is 10.6. The van der Waals surface area contributed by atoms with Gasteiger partial charge < -0.3 is 4.42 Å². The third-order valence-corrected chi connectivity index (χ3v) is 4.16. The second-order valence-corrected chi connectivity index (χ2v) is 5.78. The molecule has 0 saturated carbocycles. The van der Waals surface area contributed by atoms with Crippen molar-refractivity contribution in [2.45, 2.75) is 9.99 Å². The van der Waals surface area contributed by atoms with Gasteiger partial charge in [0.25, 0.3) is 0 Å². The number of rotatable bonds is 4. The van der Waals surface area contributed by atoms with Crippen molar-refractivity contribution in [2.24, 2.45) is 0 Å². The Morgan fingerprint density at radius 1 is 1.37 bits per heavy atom. The van der Waals surface area contributed by atoms with Crippen LogP contribution in [0.4, 0.5) is 0 Å². The minimum atomic E-state index is -0.539. The summed E-state index contributed by atoms with van der Waals surface area (Å²) < 4.78 is 6.24. The Bertz CT molecular complexity index is 624. The predicted octanol–water partition coefficient (Wildman–Crippen LogP) is 5.09. The van der Waals surface area contributed by atoms with Crippen LogP contribution < -0.4 is 0 Å². The first-order chi connectivity index (χ1) is 9.04. The molecule has 19 heavy (non-hydrogen) atoms. The Hall–Kier alpha value is -1.24. The number of hydrogen-bond acceptors (Lipinski definition) is 4. The van der Waals surface area contributed by atoms with Crippen LogP contribution in [0.25, 0.3) is 6.08 Å². The van der Waals surface area contributed by atoms with Crippen molar-refractivity contribution in [3.63, 3.8) is 0 Å². The molecule has 0 radical (unpaired) electrons. The van der Waals surface area contributed by atoms with E-state index in [0.29, 0.717) is 15.9 Å². The molecule has 0 saturated heterocycles. The normalized spacial score (nSPS) is 11.1. The second kappa shape index (κ2) is 6.27. The van der Waals surface area contributed by atoms with Gasteiger partial charge in [-0.3, -0.25) is 10.1 Å². The molecule has 1 aromatic heterocycles. The summed E-state index contributed by atoms with van der Waals surface area (Å²) in [7, 11) is 0. The Morgan fingerprint density at radius 3 is 2.68 bits per heavy atom. The third kappa shape index (κ3) is 4.12. The summed E-state index contributed by atoms with van der Waals surface area (Å²) in [6, 6.07) is 8.99. The third-order valence-electron chi connectivity index (χ3n) is 2.06. The summed E-state index contributed by atoms with van der Waals surface area (Å²) in [6.45, 7) is 0. The van der Waals surface area contributed by atoms with E-state index in [2.05, 4.69) is 15.9 Å². The van der Waals surface area contributed by atoms with Gasteiger partial charge in [-0.25, -0.2) is 0 Å². The van der Waals surface area contributed by atoms with Crippen molar-refractivity contribution in [1.82, 2.24) is 0 Å². The van der Waals surface area contributed by atoms with Crippen LogP contribution in [0.3, 0.4) is 0 Å². The molecule has 0 spiro atoms. The maximum atomic E-state index is 10.2. The minimum Gasteiger partial charge on any atom is -0.449 e. The lowest BCUT2D eigenvalue weighted by molar-refractivity contribution is -0.401. The largest absolute Gasteiger partial charge is 0.449 e. The summed E-state index contributed by atoms with van der Waals surface area (Å²) in [4.78, 5) is 10.7. The van der Waals surface area contributed by atoms with Crippen LogP contribution >= 0.6 is 39.3 Å². The van der Waals surface area contributed by atoms with Crippen LogP contribution in [0.15, 0.2) is 55.4 Å². The van der Waals surface area contributed by atoms with Crippen LogP contribution in [0, 0.1) is 10.1 Å². The summed E-state index contributed by atoms with van der Waals surface area (Å²) in [5, 5.41) is 11.5. The standard InChI is InChI=1S/C12H7BrClNO3S/c13-11-7-9(5-6-15(16)17)18-12(11)19-10-3-1-8(14)2-4-10/h1-7H/b6-5+. The first-order valence-electron chi connectivity index (χ1n) is 5.09. The maximum Gasteiger partial charge on any atom is 0.238 e. The number of furan rings is 1. The SMILES string of the molecule is O=[N+]([O-])/C=C/c1cc(Br)c(Sc2ccc(Cl)cc2)o1. The first kappa shape index (κ1) is 14.2. The molecule has 0 unspecified atom stereocenters. The van der Waals surface area contributed by atoms with Gasteiger partial charge in [0.2, 0.25) is 6.20 Å². The molecule has 4 nitrogen and oxygen atoms in total. The van der Waals surface area contributed by atoms with Crippen molar-refractivity contribution < 1.29 is 9.34 Å². The van der Waals surface area contributed by atoms with Crippen molar-refractivity contribution in [3.8, 4) is 0 Å². The van der Waals surface area contributed by atoms with E-state index in [1.807, 2.05) is 12.1 Å². The molecule has 0 bridgehead atoms. The smallest absolute Gasteiger partial charge is 0.238 e. The van der Waals surface area contributed by atoms with Crippen molar-refractivity contribution in [1.29, 1.82) is 0 Å². The fourth-order valence-corrected chi connectivity index (χ4v) is 2.72. The quantitative estimate of drug-likeness (QED) is 0.562. The predicted molar refractivity (Wildman–Crippen MR) is 78.0 cm³/mol. The zero-order valence-electron chi connectivity index (χ0n) is 9.38. The van der Waals surface area contributed by atoms with E-state index in [9.17, 15) is 10.1 Å². The minimum absolute atomic E-state index is 0.417. The monoisotopic (exact) mass is 359 g/mol. The Labute approximate surface area is 126 Å². The van der Waals surface area contributed by atoms with Gasteiger partial charge in [-0.15, -0.1) is 0 Å². The molecule has 1 aromatic carbocycles. The van der Waals surface area contributed by atoms with E-state index in [1.165, 1.54) is 17.8 Å². The number of nitrogens with zero attached hydrogens (tertiary/aromatic N) is 1. The molecule has 0 aliphatic heterocycles. The molecule has 0 aliphatic rings. The average Bonchev–Trinajstić information content (AvgIpc) is 2.71. The summed E-state index contributed by atoms with van der Waals surface area (Å²) in [5.41, 5.74) is 0. The van der Waals surface area contributed by atoms with Gasteiger partial charge in [-0.2, -0.15) is 0 Å². The molecule has 0 aliphatic carbocycles. The zero-order chi connectivity index (χ0) is 13.8. The van der Waals surface area contributed by atoms with Gasteiger partial charge in [0, 0.05) is 9.92 Å². The van der Waals surface area contributed by atoms with Gasteiger partial charge >= 0.3 is 0 Å². The van der Waals surface area contributed by atoms with Crippen LogP contribution in [0.1, 0.15) is 5.76 Å². The average molecular weight is 361 g/mol. The van der Waals surface area contributed by atoms with Gasteiger partial charge in [0.05, 0.1) is 15.5 Å². The van der Waals surface area contributed by atoms with Crippen LogP contribution in [-0.2, 0) is 0 Å². The van der Waals surface area contributed by atoms with Crippen LogP contribution in [-0.4, -0.2) is 4.92 Å². The zero-order valence-corrected chi connectivity index (χ0v) is 12.5. The van der Waals surface area contributed by atoms with Crippen molar-refractivity contribution in [2.75, 3.05) is 0 Å². The van der Waals surface area contributed by atoms with Gasteiger partial charge in [0.1, 0.15) is 5.76 Å². The lowest BCUT2D eigenvalue weighted by Crippen LogP contribution is -1.80. The molecule has 0 atom stereocenters. The molecule has 0 N–H and O–H groups in total. The van der Waals surface area contributed by atoms with Crippen molar-refractivity contribution in [3.05, 3.63) is 61.9 Å². The van der Waals surface area contributed by atoms with E-state index >= 15 is 0 Å². The van der Waals surface area contributed by atoms with E-state index < -0.39 is 4.92 Å². The van der Waals surface area contributed by atoms with E-state index in [-0.39, 0.29) is 0 Å². The second-order valence-electron chi connectivity index (χ2n) is 3.44. The molecule has 2 rings (SSSR count). The van der Waals surface area contributed by atoms with E-state index in [4.69, 9.17) is 16.0 Å². The number of benzene rings is 1. The van der Waals surface area contributed by atoms with E-state index in [1.54, 1.807) is 18.2 Å². The Kier molecular flexibility index (Phi) is 4.68. The van der Waals surface area contributed by atoms with Crippen LogP contribution in [0.5, 0.6) is 0 Å². The molecular formula is C12H7BrClNO3S.